The largest absolute Gasteiger partial charge is 0.308 e. The minimum absolute atomic E-state index is 0.689. The Labute approximate surface area is 118 Å². The zero-order chi connectivity index (χ0) is 13.1. The quantitative estimate of drug-likeness (QED) is 0.919. The highest BCUT2D eigenvalue weighted by atomic mass is 79.9. The van der Waals surface area contributed by atoms with Crippen molar-refractivity contribution in [3.63, 3.8) is 0 Å². The second kappa shape index (κ2) is 6.20. The average molecular weight is 314 g/mol. The third-order valence-electron chi connectivity index (χ3n) is 4.03. The number of rotatable bonds is 4. The molecule has 0 atom stereocenters. The summed E-state index contributed by atoms with van der Waals surface area (Å²) in [6.45, 7) is 8.43. The van der Waals surface area contributed by atoms with E-state index in [2.05, 4.69) is 51.8 Å². The molecule has 0 aromatic carbocycles. The molecule has 1 aliphatic rings. The Morgan fingerprint density at radius 3 is 2.61 bits per heavy atom. The molecule has 0 unspecified atom stereocenters. The van der Waals surface area contributed by atoms with Crippen molar-refractivity contribution < 1.29 is 0 Å². The molecule has 102 valence electrons. The fourth-order valence-corrected chi connectivity index (χ4v) is 3.17. The lowest BCUT2D eigenvalue weighted by Gasteiger charge is -2.27. The van der Waals surface area contributed by atoms with E-state index in [1.807, 2.05) is 0 Å². The van der Waals surface area contributed by atoms with Gasteiger partial charge in [0.2, 0.25) is 0 Å². The van der Waals surface area contributed by atoms with Crippen LogP contribution < -0.4 is 5.32 Å². The molecular weight excluding hydrogens is 290 g/mol. The summed E-state index contributed by atoms with van der Waals surface area (Å²) in [5.74, 6) is 0.915. The lowest BCUT2D eigenvalue weighted by atomic mass is 9.87. The van der Waals surface area contributed by atoms with E-state index >= 15 is 0 Å². The van der Waals surface area contributed by atoms with E-state index < -0.39 is 0 Å². The van der Waals surface area contributed by atoms with Gasteiger partial charge in [-0.1, -0.05) is 6.92 Å². The van der Waals surface area contributed by atoms with Crippen molar-refractivity contribution in [2.24, 2.45) is 5.92 Å². The van der Waals surface area contributed by atoms with Crippen molar-refractivity contribution in [1.82, 2.24) is 15.1 Å². The van der Waals surface area contributed by atoms with E-state index in [0.717, 1.165) is 24.7 Å². The Morgan fingerprint density at radius 1 is 1.33 bits per heavy atom. The summed E-state index contributed by atoms with van der Waals surface area (Å²) < 4.78 is 3.26. The van der Waals surface area contributed by atoms with E-state index in [1.54, 1.807) is 0 Å². The molecule has 0 radical (unpaired) electrons. The lowest BCUT2D eigenvalue weighted by molar-refractivity contribution is 0.304. The van der Waals surface area contributed by atoms with Crippen LogP contribution in [-0.2, 0) is 13.1 Å². The SMILES string of the molecule is CCn1nc(C)c(Br)c1CNC1CCC(C)CC1. The summed E-state index contributed by atoms with van der Waals surface area (Å²) in [6, 6.07) is 0.689. The van der Waals surface area contributed by atoms with Crippen molar-refractivity contribution in [2.75, 3.05) is 0 Å². The van der Waals surface area contributed by atoms with Gasteiger partial charge < -0.3 is 5.32 Å². The van der Waals surface area contributed by atoms with Gasteiger partial charge in [0.05, 0.1) is 15.9 Å². The number of hydrogen-bond acceptors (Lipinski definition) is 2. The maximum absolute atomic E-state index is 4.53. The zero-order valence-electron chi connectivity index (χ0n) is 11.7. The summed E-state index contributed by atoms with van der Waals surface area (Å²) in [6.07, 6.45) is 5.37. The molecule has 3 nitrogen and oxygen atoms in total. The van der Waals surface area contributed by atoms with Gasteiger partial charge in [-0.15, -0.1) is 0 Å². The number of aromatic nitrogens is 2. The molecule has 1 aromatic rings. The molecule has 18 heavy (non-hydrogen) atoms. The van der Waals surface area contributed by atoms with Gasteiger partial charge in [0.25, 0.3) is 0 Å². The second-order valence-electron chi connectivity index (χ2n) is 5.50. The van der Waals surface area contributed by atoms with Gasteiger partial charge in [-0.25, -0.2) is 0 Å². The molecule has 1 saturated carbocycles. The maximum Gasteiger partial charge on any atom is 0.0739 e. The maximum atomic E-state index is 4.53. The summed E-state index contributed by atoms with van der Waals surface area (Å²) in [4.78, 5) is 0. The van der Waals surface area contributed by atoms with Gasteiger partial charge in [-0.2, -0.15) is 5.10 Å². The minimum atomic E-state index is 0.689. The third-order valence-corrected chi connectivity index (χ3v) is 5.06. The van der Waals surface area contributed by atoms with E-state index in [9.17, 15) is 0 Å². The van der Waals surface area contributed by atoms with Crippen LogP contribution in [0, 0.1) is 12.8 Å². The highest BCUT2D eigenvalue weighted by Crippen LogP contribution is 2.25. The molecule has 1 fully saturated rings. The van der Waals surface area contributed by atoms with Crippen LogP contribution in [-0.4, -0.2) is 15.8 Å². The molecule has 2 rings (SSSR count). The molecule has 0 amide bonds. The third kappa shape index (κ3) is 3.15. The summed E-state index contributed by atoms with van der Waals surface area (Å²) in [7, 11) is 0. The van der Waals surface area contributed by atoms with Crippen LogP contribution >= 0.6 is 15.9 Å². The molecule has 1 N–H and O–H groups in total. The van der Waals surface area contributed by atoms with Gasteiger partial charge in [0.1, 0.15) is 0 Å². The smallest absolute Gasteiger partial charge is 0.0739 e. The van der Waals surface area contributed by atoms with Gasteiger partial charge in [0.15, 0.2) is 0 Å². The van der Waals surface area contributed by atoms with Gasteiger partial charge >= 0.3 is 0 Å². The molecule has 0 spiro atoms. The van der Waals surface area contributed by atoms with Gasteiger partial charge in [-0.3, -0.25) is 4.68 Å². The monoisotopic (exact) mass is 313 g/mol. The molecule has 4 heteroatoms. The Balaban J connectivity index is 1.93. The van der Waals surface area contributed by atoms with Crippen molar-refractivity contribution >= 4 is 15.9 Å². The first kappa shape index (κ1) is 14.1. The van der Waals surface area contributed by atoms with Crippen molar-refractivity contribution in [1.29, 1.82) is 0 Å². The molecule has 1 aliphatic carbocycles. The molecular formula is C14H24BrN3. The summed E-state index contributed by atoms with van der Waals surface area (Å²) in [5.41, 5.74) is 2.37. The first-order valence-electron chi connectivity index (χ1n) is 7.07. The van der Waals surface area contributed by atoms with E-state index in [1.165, 1.54) is 35.8 Å². The van der Waals surface area contributed by atoms with Crippen molar-refractivity contribution in [2.45, 2.75) is 65.6 Å². The molecule has 1 heterocycles. The standard InChI is InChI=1S/C14H24BrN3/c1-4-18-13(14(15)11(3)17-18)9-16-12-7-5-10(2)6-8-12/h10,12,16H,4-9H2,1-3H3. The Kier molecular flexibility index (Phi) is 4.84. The molecule has 0 bridgehead atoms. The van der Waals surface area contributed by atoms with Crippen molar-refractivity contribution in [3.8, 4) is 0 Å². The first-order chi connectivity index (χ1) is 8.61. The molecule has 0 saturated heterocycles. The van der Waals surface area contributed by atoms with Gasteiger partial charge in [-0.05, 0) is 61.4 Å². The fraction of sp³-hybridized carbons (Fsp3) is 0.786. The Bertz CT molecular complexity index is 392. The average Bonchev–Trinajstić information content (AvgIpc) is 2.65. The zero-order valence-corrected chi connectivity index (χ0v) is 13.3. The summed E-state index contributed by atoms with van der Waals surface area (Å²) in [5, 5.41) is 8.23. The number of aryl methyl sites for hydroxylation is 2. The minimum Gasteiger partial charge on any atom is -0.308 e. The van der Waals surface area contributed by atoms with Crippen LogP contribution in [0.2, 0.25) is 0 Å². The van der Waals surface area contributed by atoms with Crippen molar-refractivity contribution in [3.05, 3.63) is 15.9 Å². The predicted molar refractivity (Wildman–Crippen MR) is 78.6 cm³/mol. The predicted octanol–water partition coefficient (Wildman–Crippen LogP) is 3.64. The second-order valence-corrected chi connectivity index (χ2v) is 6.29. The summed E-state index contributed by atoms with van der Waals surface area (Å²) >= 11 is 3.65. The molecule has 0 aliphatic heterocycles. The van der Waals surface area contributed by atoms with Crippen LogP contribution in [0.4, 0.5) is 0 Å². The van der Waals surface area contributed by atoms with Crippen LogP contribution in [0.1, 0.15) is 50.9 Å². The fourth-order valence-electron chi connectivity index (χ4n) is 2.74. The number of nitrogens with one attached hydrogen (secondary N) is 1. The van der Waals surface area contributed by atoms with Crippen LogP contribution in [0.3, 0.4) is 0 Å². The van der Waals surface area contributed by atoms with Crippen LogP contribution in [0.15, 0.2) is 4.47 Å². The number of nitrogens with zero attached hydrogens (tertiary/aromatic N) is 2. The first-order valence-corrected chi connectivity index (χ1v) is 7.86. The highest BCUT2D eigenvalue weighted by Gasteiger charge is 2.19. The number of halogens is 1. The Hall–Kier alpha value is -0.350. The van der Waals surface area contributed by atoms with Gasteiger partial charge in [0, 0.05) is 19.1 Å². The van der Waals surface area contributed by atoms with Crippen LogP contribution in [0.25, 0.3) is 0 Å². The van der Waals surface area contributed by atoms with E-state index in [0.29, 0.717) is 6.04 Å². The normalized spacial score (nSPS) is 24.4. The topological polar surface area (TPSA) is 29.9 Å². The lowest BCUT2D eigenvalue weighted by Crippen LogP contribution is -2.33. The molecule has 1 aromatic heterocycles. The highest BCUT2D eigenvalue weighted by molar-refractivity contribution is 9.10. The Morgan fingerprint density at radius 2 is 2.00 bits per heavy atom. The number of hydrogen-bond donors (Lipinski definition) is 1. The van der Waals surface area contributed by atoms with Crippen LogP contribution in [0.5, 0.6) is 0 Å². The van der Waals surface area contributed by atoms with E-state index in [-0.39, 0.29) is 0 Å². The van der Waals surface area contributed by atoms with E-state index in [4.69, 9.17) is 0 Å².